The number of nitrogens with zero attached hydrogens (tertiary/aromatic N) is 4. The van der Waals surface area contributed by atoms with Crippen molar-refractivity contribution in [1.82, 2.24) is 30.7 Å². The molecule has 0 radical (unpaired) electrons. The second kappa shape index (κ2) is 12.0. The standard InChI is InChI=1S/C29H28N8O3/c1-30-29-32-15-13-23(35-29)24-17-20-16-19(11-12-22(20)33-24)27(38)34-25(28(39)36-40-2)18-37(21-8-4-3-5-9-21)26-10-6-7-14-31-26/h3-17,25,33H,18H2,1-2H3,(H,34,38)(H,36,39)(H,30,32,35)/t25-/m0/s1. The van der Waals surface area contributed by atoms with Crippen LogP contribution in [-0.2, 0) is 9.63 Å². The lowest BCUT2D eigenvalue weighted by atomic mass is 10.1. The molecule has 40 heavy (non-hydrogen) atoms. The van der Waals surface area contributed by atoms with Crippen molar-refractivity contribution < 1.29 is 14.4 Å². The maximum Gasteiger partial charge on any atom is 0.267 e. The van der Waals surface area contributed by atoms with Crippen molar-refractivity contribution in [3.8, 4) is 11.4 Å². The average molecular weight is 537 g/mol. The van der Waals surface area contributed by atoms with Gasteiger partial charge in [-0.25, -0.2) is 20.4 Å². The van der Waals surface area contributed by atoms with Gasteiger partial charge in [-0.3, -0.25) is 14.4 Å². The molecule has 0 saturated heterocycles. The Morgan fingerprint density at radius 3 is 2.55 bits per heavy atom. The molecule has 0 bridgehead atoms. The van der Waals surface area contributed by atoms with E-state index >= 15 is 0 Å². The second-order valence-corrected chi connectivity index (χ2v) is 8.83. The van der Waals surface area contributed by atoms with E-state index in [1.165, 1.54) is 7.11 Å². The van der Waals surface area contributed by atoms with E-state index in [0.717, 1.165) is 22.3 Å². The van der Waals surface area contributed by atoms with Gasteiger partial charge >= 0.3 is 0 Å². The molecule has 5 aromatic rings. The summed E-state index contributed by atoms with van der Waals surface area (Å²) in [6.07, 6.45) is 3.35. The van der Waals surface area contributed by atoms with Crippen molar-refractivity contribution in [3.05, 3.63) is 96.8 Å². The minimum Gasteiger partial charge on any atom is -0.357 e. The summed E-state index contributed by atoms with van der Waals surface area (Å²) in [4.78, 5) is 49.6. The summed E-state index contributed by atoms with van der Waals surface area (Å²) in [5.74, 6) is 0.230. The smallest absolute Gasteiger partial charge is 0.267 e. The number of pyridine rings is 1. The van der Waals surface area contributed by atoms with E-state index in [0.29, 0.717) is 23.0 Å². The first-order valence-electron chi connectivity index (χ1n) is 12.6. The van der Waals surface area contributed by atoms with Gasteiger partial charge in [-0.05, 0) is 54.6 Å². The fourth-order valence-electron chi connectivity index (χ4n) is 4.28. The van der Waals surface area contributed by atoms with Gasteiger partial charge in [-0.2, -0.15) is 0 Å². The predicted octanol–water partition coefficient (Wildman–Crippen LogP) is 3.68. The van der Waals surface area contributed by atoms with Gasteiger partial charge in [0.2, 0.25) is 5.95 Å². The summed E-state index contributed by atoms with van der Waals surface area (Å²) in [7, 11) is 3.10. The van der Waals surface area contributed by atoms with E-state index in [2.05, 4.69) is 36.0 Å². The number of rotatable bonds is 10. The monoisotopic (exact) mass is 536 g/mol. The fourth-order valence-corrected chi connectivity index (χ4v) is 4.28. The molecule has 4 N–H and O–H groups in total. The lowest BCUT2D eigenvalue weighted by Gasteiger charge is -2.28. The maximum atomic E-state index is 13.4. The molecule has 0 unspecified atom stereocenters. The molecule has 3 heterocycles. The molecule has 3 aromatic heterocycles. The van der Waals surface area contributed by atoms with Crippen molar-refractivity contribution in [3.63, 3.8) is 0 Å². The van der Waals surface area contributed by atoms with Crippen LogP contribution in [0.15, 0.2) is 91.3 Å². The summed E-state index contributed by atoms with van der Waals surface area (Å²) in [6.45, 7) is 0.111. The molecule has 5 rings (SSSR count). The summed E-state index contributed by atoms with van der Waals surface area (Å²) < 4.78 is 0. The Bertz CT molecular complexity index is 1570. The molecule has 11 heteroatoms. The normalized spacial score (nSPS) is 11.6. The molecule has 0 fully saturated rings. The first kappa shape index (κ1) is 26.3. The van der Waals surface area contributed by atoms with E-state index in [1.54, 1.807) is 37.6 Å². The van der Waals surface area contributed by atoms with Gasteiger partial charge in [0.1, 0.15) is 11.9 Å². The lowest BCUT2D eigenvalue weighted by Crippen LogP contribution is -2.52. The molecule has 0 aliphatic carbocycles. The molecule has 0 aliphatic rings. The van der Waals surface area contributed by atoms with E-state index in [4.69, 9.17) is 4.84 Å². The Balaban J connectivity index is 1.41. The van der Waals surface area contributed by atoms with E-state index in [1.807, 2.05) is 65.6 Å². The van der Waals surface area contributed by atoms with Gasteiger partial charge < -0.3 is 20.5 Å². The highest BCUT2D eigenvalue weighted by Crippen LogP contribution is 2.25. The van der Waals surface area contributed by atoms with Crippen LogP contribution in [0.2, 0.25) is 0 Å². The fraction of sp³-hybridized carbons (Fsp3) is 0.138. The molecule has 2 aromatic carbocycles. The zero-order valence-electron chi connectivity index (χ0n) is 22.0. The van der Waals surface area contributed by atoms with Crippen LogP contribution >= 0.6 is 0 Å². The van der Waals surface area contributed by atoms with E-state index in [-0.39, 0.29) is 6.54 Å². The van der Waals surface area contributed by atoms with Crippen LogP contribution in [0.1, 0.15) is 10.4 Å². The number of hydrogen-bond acceptors (Lipinski definition) is 8. The van der Waals surface area contributed by atoms with Crippen LogP contribution in [0.25, 0.3) is 22.3 Å². The number of carbonyl (C=O) groups excluding carboxylic acids is 2. The van der Waals surface area contributed by atoms with Gasteiger partial charge in [0.25, 0.3) is 11.8 Å². The number of amides is 2. The number of nitrogens with one attached hydrogen (secondary N) is 4. The molecule has 0 spiro atoms. The second-order valence-electron chi connectivity index (χ2n) is 8.83. The highest BCUT2D eigenvalue weighted by atomic mass is 16.6. The van der Waals surface area contributed by atoms with E-state index < -0.39 is 17.9 Å². The number of hydroxylamine groups is 1. The van der Waals surface area contributed by atoms with Crippen molar-refractivity contribution >= 4 is 40.2 Å². The number of carbonyl (C=O) groups is 2. The number of fused-ring (bicyclic) bond motifs is 1. The summed E-state index contributed by atoms with van der Waals surface area (Å²) in [5.41, 5.74) is 5.91. The van der Waals surface area contributed by atoms with Crippen molar-refractivity contribution in [2.24, 2.45) is 0 Å². The first-order valence-corrected chi connectivity index (χ1v) is 12.6. The molecule has 11 nitrogen and oxygen atoms in total. The lowest BCUT2D eigenvalue weighted by molar-refractivity contribution is -0.133. The first-order chi connectivity index (χ1) is 19.6. The molecule has 1 atom stereocenters. The third-order valence-corrected chi connectivity index (χ3v) is 6.22. The number of para-hydroxylation sites is 1. The molecular weight excluding hydrogens is 508 g/mol. The van der Waals surface area contributed by atoms with Crippen LogP contribution < -0.4 is 21.0 Å². The molecular formula is C29H28N8O3. The van der Waals surface area contributed by atoms with Gasteiger partial charge in [0, 0.05) is 41.6 Å². The van der Waals surface area contributed by atoms with Gasteiger partial charge in [-0.15, -0.1) is 0 Å². The number of aromatic amines is 1. The van der Waals surface area contributed by atoms with Gasteiger partial charge in [0.05, 0.1) is 25.0 Å². The topological polar surface area (TPSA) is 137 Å². The molecule has 2 amide bonds. The van der Waals surface area contributed by atoms with Crippen molar-refractivity contribution in [2.45, 2.75) is 6.04 Å². The molecule has 0 aliphatic heterocycles. The van der Waals surface area contributed by atoms with Crippen LogP contribution in [0, 0.1) is 0 Å². The average Bonchev–Trinajstić information content (AvgIpc) is 3.44. The summed E-state index contributed by atoms with van der Waals surface area (Å²) in [5, 5.41) is 6.62. The van der Waals surface area contributed by atoms with Crippen LogP contribution in [0.5, 0.6) is 0 Å². The number of anilines is 3. The number of H-pyrrole nitrogens is 1. The van der Waals surface area contributed by atoms with Crippen molar-refractivity contribution in [1.29, 1.82) is 0 Å². The highest BCUT2D eigenvalue weighted by molar-refractivity contribution is 6.01. The van der Waals surface area contributed by atoms with Gasteiger partial charge in [0.15, 0.2) is 0 Å². The SMILES string of the molecule is CNc1nccc(-c2cc3cc(C(=O)N[C@@H](CN(c4ccccc4)c4ccccn4)C(=O)NOC)ccc3[nH]2)n1. The largest absolute Gasteiger partial charge is 0.357 e. The number of aromatic nitrogens is 4. The Hall–Kier alpha value is -5.29. The summed E-state index contributed by atoms with van der Waals surface area (Å²) >= 11 is 0. The quantitative estimate of drug-likeness (QED) is 0.199. The van der Waals surface area contributed by atoms with Crippen LogP contribution in [0.4, 0.5) is 17.5 Å². The third kappa shape index (κ3) is 5.89. The van der Waals surface area contributed by atoms with Gasteiger partial charge in [-0.1, -0.05) is 24.3 Å². The Morgan fingerprint density at radius 2 is 1.80 bits per heavy atom. The Labute approximate surface area is 230 Å². The Kier molecular flexibility index (Phi) is 7.93. The summed E-state index contributed by atoms with van der Waals surface area (Å²) in [6, 6.07) is 23.1. The number of benzene rings is 2. The minimum atomic E-state index is -0.965. The van der Waals surface area contributed by atoms with Crippen molar-refractivity contribution in [2.75, 3.05) is 30.9 Å². The molecule has 202 valence electrons. The maximum absolute atomic E-state index is 13.4. The predicted molar refractivity (Wildman–Crippen MR) is 153 cm³/mol. The third-order valence-electron chi connectivity index (χ3n) is 6.22. The number of hydrogen-bond donors (Lipinski definition) is 4. The zero-order valence-corrected chi connectivity index (χ0v) is 22.0. The molecule has 0 saturated carbocycles. The van der Waals surface area contributed by atoms with Crippen LogP contribution in [-0.4, -0.2) is 58.5 Å². The van der Waals surface area contributed by atoms with E-state index in [9.17, 15) is 9.59 Å². The zero-order chi connectivity index (χ0) is 27.9. The Morgan fingerprint density at radius 1 is 0.975 bits per heavy atom. The van der Waals surface area contributed by atoms with Crippen LogP contribution in [0.3, 0.4) is 0 Å². The minimum absolute atomic E-state index is 0.111. The highest BCUT2D eigenvalue weighted by Gasteiger charge is 2.26.